The first-order valence-corrected chi connectivity index (χ1v) is 9.54. The van der Waals surface area contributed by atoms with Gasteiger partial charge in [0, 0.05) is 23.4 Å². The summed E-state index contributed by atoms with van der Waals surface area (Å²) in [5.41, 5.74) is 3.44. The van der Waals surface area contributed by atoms with Crippen molar-refractivity contribution in [2.45, 2.75) is 13.8 Å². The average molecular weight is 415 g/mol. The highest BCUT2D eigenvalue weighted by molar-refractivity contribution is 6.10. The highest BCUT2D eigenvalue weighted by Gasteiger charge is 2.15. The Labute approximate surface area is 179 Å². The van der Waals surface area contributed by atoms with Crippen molar-refractivity contribution in [2.24, 2.45) is 0 Å². The Bertz CT molecular complexity index is 1150. The molecule has 0 spiro atoms. The maximum absolute atomic E-state index is 12.9. The van der Waals surface area contributed by atoms with Gasteiger partial charge in [-0.3, -0.25) is 19.7 Å². The van der Waals surface area contributed by atoms with Gasteiger partial charge < -0.3 is 10.6 Å². The lowest BCUT2D eigenvalue weighted by molar-refractivity contribution is -0.384. The zero-order valence-corrected chi connectivity index (χ0v) is 17.1. The van der Waals surface area contributed by atoms with E-state index in [1.54, 1.807) is 30.3 Å². The van der Waals surface area contributed by atoms with Gasteiger partial charge in [0.1, 0.15) is 5.70 Å². The SMILES string of the molecule is Cc1ccc(NC(=O)C(=Cc2ccc([N+](=O)[O-])cc2)NC(=O)c2cccc(C)c2)cc1. The number of carbonyl (C=O) groups is 2. The summed E-state index contributed by atoms with van der Waals surface area (Å²) in [6.07, 6.45) is 1.47. The molecule has 3 rings (SSSR count). The molecule has 7 nitrogen and oxygen atoms in total. The minimum atomic E-state index is -0.511. The smallest absolute Gasteiger partial charge is 0.272 e. The van der Waals surface area contributed by atoms with Crippen LogP contribution in [-0.2, 0) is 4.79 Å². The van der Waals surface area contributed by atoms with Crippen LogP contribution in [0.15, 0.2) is 78.5 Å². The van der Waals surface area contributed by atoms with Crippen molar-refractivity contribution in [2.75, 3.05) is 5.32 Å². The Kier molecular flexibility index (Phi) is 6.57. The van der Waals surface area contributed by atoms with E-state index in [1.165, 1.54) is 30.3 Å². The molecule has 3 aromatic rings. The molecule has 2 amide bonds. The topological polar surface area (TPSA) is 101 Å². The van der Waals surface area contributed by atoms with E-state index in [-0.39, 0.29) is 11.4 Å². The van der Waals surface area contributed by atoms with Gasteiger partial charge in [0.25, 0.3) is 17.5 Å². The number of hydrogen-bond donors (Lipinski definition) is 2. The fourth-order valence-electron chi connectivity index (χ4n) is 2.83. The number of nitrogens with zero attached hydrogens (tertiary/aromatic N) is 1. The zero-order chi connectivity index (χ0) is 22.4. The van der Waals surface area contributed by atoms with Crippen LogP contribution in [0.5, 0.6) is 0 Å². The number of nitrogens with one attached hydrogen (secondary N) is 2. The van der Waals surface area contributed by atoms with E-state index in [9.17, 15) is 19.7 Å². The molecule has 156 valence electrons. The van der Waals surface area contributed by atoms with Gasteiger partial charge in [0.2, 0.25) is 0 Å². The largest absolute Gasteiger partial charge is 0.321 e. The van der Waals surface area contributed by atoms with E-state index in [0.29, 0.717) is 16.8 Å². The second-order valence-corrected chi connectivity index (χ2v) is 7.05. The maximum atomic E-state index is 12.9. The molecule has 0 heterocycles. The highest BCUT2D eigenvalue weighted by atomic mass is 16.6. The molecule has 2 N–H and O–H groups in total. The number of carbonyl (C=O) groups excluding carboxylic acids is 2. The highest BCUT2D eigenvalue weighted by Crippen LogP contribution is 2.16. The molecule has 0 aliphatic carbocycles. The monoisotopic (exact) mass is 415 g/mol. The normalized spacial score (nSPS) is 11.0. The van der Waals surface area contributed by atoms with Crippen molar-refractivity contribution in [3.63, 3.8) is 0 Å². The van der Waals surface area contributed by atoms with Gasteiger partial charge in [-0.2, -0.15) is 0 Å². The van der Waals surface area contributed by atoms with Crippen molar-refractivity contribution in [1.29, 1.82) is 0 Å². The summed E-state index contributed by atoms with van der Waals surface area (Å²) >= 11 is 0. The fraction of sp³-hybridized carbons (Fsp3) is 0.0833. The standard InChI is InChI=1S/C24H21N3O4/c1-16-6-10-20(11-7-16)25-24(29)22(15-18-8-12-21(13-9-18)27(30)31)26-23(28)19-5-3-4-17(2)14-19/h3-15H,1-2H3,(H,25,29)(H,26,28). The molecule has 0 atom stereocenters. The first-order valence-electron chi connectivity index (χ1n) is 9.54. The van der Waals surface area contributed by atoms with Crippen molar-refractivity contribution >= 4 is 29.3 Å². The van der Waals surface area contributed by atoms with Gasteiger partial charge in [-0.05, 0) is 61.9 Å². The number of amides is 2. The second-order valence-electron chi connectivity index (χ2n) is 7.05. The number of anilines is 1. The number of benzene rings is 3. The molecule has 0 saturated heterocycles. The number of nitro groups is 1. The molecule has 7 heteroatoms. The lowest BCUT2D eigenvalue weighted by Crippen LogP contribution is -2.30. The Morgan fingerprint density at radius 3 is 2.19 bits per heavy atom. The minimum Gasteiger partial charge on any atom is -0.321 e. The van der Waals surface area contributed by atoms with Gasteiger partial charge in [-0.25, -0.2) is 0 Å². The predicted octanol–water partition coefficient (Wildman–Crippen LogP) is 4.62. The van der Waals surface area contributed by atoms with Crippen LogP contribution in [0.2, 0.25) is 0 Å². The van der Waals surface area contributed by atoms with Crippen LogP contribution in [0.25, 0.3) is 6.08 Å². The van der Waals surface area contributed by atoms with Gasteiger partial charge >= 0.3 is 0 Å². The van der Waals surface area contributed by atoms with E-state index in [4.69, 9.17) is 0 Å². The minimum absolute atomic E-state index is 0.0148. The summed E-state index contributed by atoms with van der Waals surface area (Å²) in [5, 5.41) is 16.3. The lowest BCUT2D eigenvalue weighted by Gasteiger charge is -2.12. The zero-order valence-electron chi connectivity index (χ0n) is 17.1. The lowest BCUT2D eigenvalue weighted by atomic mass is 10.1. The van der Waals surface area contributed by atoms with E-state index >= 15 is 0 Å². The van der Waals surface area contributed by atoms with Crippen molar-refractivity contribution < 1.29 is 14.5 Å². The maximum Gasteiger partial charge on any atom is 0.272 e. The third-order valence-electron chi connectivity index (χ3n) is 4.50. The number of rotatable bonds is 6. The molecule has 0 bridgehead atoms. The molecular formula is C24H21N3O4. The van der Waals surface area contributed by atoms with Crippen LogP contribution in [0.4, 0.5) is 11.4 Å². The Balaban J connectivity index is 1.90. The number of aryl methyl sites for hydroxylation is 2. The van der Waals surface area contributed by atoms with Crippen LogP contribution < -0.4 is 10.6 Å². The quantitative estimate of drug-likeness (QED) is 0.348. The summed E-state index contributed by atoms with van der Waals surface area (Å²) in [6.45, 7) is 3.81. The summed E-state index contributed by atoms with van der Waals surface area (Å²) < 4.78 is 0. The van der Waals surface area contributed by atoms with E-state index < -0.39 is 16.7 Å². The molecule has 0 unspecified atom stereocenters. The molecule has 0 aliphatic heterocycles. The van der Waals surface area contributed by atoms with Crippen molar-refractivity contribution in [3.8, 4) is 0 Å². The summed E-state index contributed by atoms with van der Waals surface area (Å²) in [4.78, 5) is 36.0. The van der Waals surface area contributed by atoms with Gasteiger partial charge in [0.05, 0.1) is 4.92 Å². The third kappa shape index (κ3) is 5.86. The first kappa shape index (κ1) is 21.4. The molecule has 0 aliphatic rings. The van der Waals surface area contributed by atoms with Crippen molar-refractivity contribution in [3.05, 3.63) is 111 Å². The molecule has 0 radical (unpaired) electrons. The van der Waals surface area contributed by atoms with Crippen LogP contribution in [0.1, 0.15) is 27.0 Å². The van der Waals surface area contributed by atoms with Gasteiger partial charge in [-0.15, -0.1) is 0 Å². The summed E-state index contributed by atoms with van der Waals surface area (Å²) in [5.74, 6) is -0.945. The molecule has 0 aromatic heterocycles. The Morgan fingerprint density at radius 1 is 0.903 bits per heavy atom. The average Bonchev–Trinajstić information content (AvgIpc) is 2.75. The van der Waals surface area contributed by atoms with Crippen LogP contribution in [-0.4, -0.2) is 16.7 Å². The second kappa shape index (κ2) is 9.49. The molecule has 31 heavy (non-hydrogen) atoms. The number of non-ortho nitro benzene ring substituents is 1. The fourth-order valence-corrected chi connectivity index (χ4v) is 2.83. The Hall–Kier alpha value is -4.26. The van der Waals surface area contributed by atoms with Gasteiger partial charge in [-0.1, -0.05) is 35.4 Å². The molecule has 3 aromatic carbocycles. The summed E-state index contributed by atoms with van der Waals surface area (Å²) in [7, 11) is 0. The van der Waals surface area contributed by atoms with E-state index in [0.717, 1.165) is 11.1 Å². The first-order chi connectivity index (χ1) is 14.8. The third-order valence-corrected chi connectivity index (χ3v) is 4.50. The number of hydrogen-bond acceptors (Lipinski definition) is 4. The molecule has 0 saturated carbocycles. The summed E-state index contributed by atoms with van der Waals surface area (Å²) in [6, 6.07) is 19.9. The van der Waals surface area contributed by atoms with Crippen molar-refractivity contribution in [1.82, 2.24) is 5.32 Å². The number of nitro benzene ring substituents is 1. The van der Waals surface area contributed by atoms with Crippen LogP contribution in [0.3, 0.4) is 0 Å². The molecular weight excluding hydrogens is 394 g/mol. The van der Waals surface area contributed by atoms with Crippen LogP contribution in [0, 0.1) is 24.0 Å². The van der Waals surface area contributed by atoms with E-state index in [1.807, 2.05) is 32.0 Å². The van der Waals surface area contributed by atoms with Crippen LogP contribution >= 0.6 is 0 Å². The predicted molar refractivity (Wildman–Crippen MR) is 120 cm³/mol. The van der Waals surface area contributed by atoms with E-state index in [2.05, 4.69) is 10.6 Å². The van der Waals surface area contributed by atoms with Gasteiger partial charge in [0.15, 0.2) is 0 Å². The molecule has 0 fully saturated rings. The Morgan fingerprint density at radius 2 is 1.58 bits per heavy atom.